The van der Waals surface area contributed by atoms with Crippen molar-refractivity contribution in [3.05, 3.63) is 115 Å². The fourth-order valence-electron chi connectivity index (χ4n) is 4.63. The summed E-state index contributed by atoms with van der Waals surface area (Å²) in [7, 11) is 0. The van der Waals surface area contributed by atoms with E-state index >= 15 is 0 Å². The number of amides is 1. The molecule has 4 aromatic carbocycles. The van der Waals surface area contributed by atoms with Crippen LogP contribution in [0.25, 0.3) is 33.5 Å². The number of fused-ring (bicyclic) bond motifs is 2. The average Bonchev–Trinajstić information content (AvgIpc) is 3.46. The molecule has 0 aliphatic carbocycles. The van der Waals surface area contributed by atoms with Crippen LogP contribution in [0.2, 0.25) is 5.02 Å². The second kappa shape index (κ2) is 13.5. The Balaban J connectivity index is 1.36. The zero-order valence-electron chi connectivity index (χ0n) is 23.9. The second-order valence-corrected chi connectivity index (χ2v) is 11.8. The van der Waals surface area contributed by atoms with Gasteiger partial charge in [-0.1, -0.05) is 29.8 Å². The molecule has 6 rings (SSSR count). The van der Waals surface area contributed by atoms with Crippen LogP contribution in [0.3, 0.4) is 0 Å². The van der Waals surface area contributed by atoms with E-state index in [1.807, 2.05) is 0 Å². The minimum absolute atomic E-state index is 0.191. The Hall–Kier alpha value is -4.52. The summed E-state index contributed by atoms with van der Waals surface area (Å²) in [6.45, 7) is 1.72. The van der Waals surface area contributed by atoms with Gasteiger partial charge in [-0.15, -0.1) is 0 Å². The molecule has 0 atom stereocenters. The second-order valence-electron chi connectivity index (χ2n) is 9.81. The van der Waals surface area contributed by atoms with E-state index in [4.69, 9.17) is 30.5 Å². The molecule has 46 heavy (non-hydrogen) atoms. The molecule has 0 aliphatic rings. The lowest BCUT2D eigenvalue weighted by Gasteiger charge is -2.16. The van der Waals surface area contributed by atoms with E-state index in [2.05, 4.69) is 42.3 Å². The Bertz CT molecular complexity index is 2220. The van der Waals surface area contributed by atoms with E-state index in [0.717, 1.165) is 5.39 Å². The van der Waals surface area contributed by atoms with Crippen molar-refractivity contribution in [3.63, 3.8) is 0 Å². The van der Waals surface area contributed by atoms with Gasteiger partial charge < -0.3 is 19.2 Å². The average molecular weight is 769 g/mol. The quantitative estimate of drug-likeness (QED) is 0.148. The Morgan fingerprint density at radius 3 is 2.70 bits per heavy atom. The van der Waals surface area contributed by atoms with Crippen LogP contribution in [0.1, 0.15) is 12.5 Å². The van der Waals surface area contributed by atoms with Gasteiger partial charge in [0.15, 0.2) is 23.9 Å². The number of anilines is 1. The number of carbonyl (C=O) groups is 1. The number of para-hydroxylation sites is 1. The van der Waals surface area contributed by atoms with Crippen molar-refractivity contribution in [2.75, 3.05) is 18.5 Å². The lowest BCUT2D eigenvalue weighted by molar-refractivity contribution is -0.118. The summed E-state index contributed by atoms with van der Waals surface area (Å²) in [5, 5.41) is 8.79. The number of halogens is 4. The molecule has 2 heterocycles. The smallest absolute Gasteiger partial charge is 0.282 e. The van der Waals surface area contributed by atoms with Crippen LogP contribution in [0.15, 0.2) is 102 Å². The molecule has 6 aromatic rings. The van der Waals surface area contributed by atoms with E-state index in [0.29, 0.717) is 59.8 Å². The maximum Gasteiger partial charge on any atom is 0.282 e. The van der Waals surface area contributed by atoms with Gasteiger partial charge in [-0.2, -0.15) is 9.78 Å². The van der Waals surface area contributed by atoms with Crippen molar-refractivity contribution in [1.82, 2.24) is 9.66 Å². The predicted molar refractivity (Wildman–Crippen MR) is 183 cm³/mol. The van der Waals surface area contributed by atoms with Crippen LogP contribution in [0.4, 0.5) is 10.1 Å². The molecule has 0 radical (unpaired) electrons. The molecule has 0 unspecified atom stereocenters. The van der Waals surface area contributed by atoms with Crippen molar-refractivity contribution < 1.29 is 23.1 Å². The molecular weight excluding hydrogens is 747 g/mol. The normalized spacial score (nSPS) is 11.4. The topological polar surface area (TPSA) is 108 Å². The number of aromatic nitrogens is 2. The molecule has 0 spiro atoms. The molecule has 0 fully saturated rings. The fraction of sp³-hybridized carbons (Fsp3) is 0.0909. The SMILES string of the molecule is CCOc1cc(C=Nn2c(-c3cc4cc(Cl)ccc4o3)nc3ccccc3c2=O)c(Br)c(Br)c1OCC(=O)Nc1cccc(F)c1. The minimum Gasteiger partial charge on any atom is -0.490 e. The molecule has 0 bridgehead atoms. The molecule has 0 saturated heterocycles. The molecule has 232 valence electrons. The predicted octanol–water partition coefficient (Wildman–Crippen LogP) is 8.43. The fourth-order valence-corrected chi connectivity index (χ4v) is 5.75. The standard InChI is InChI=1S/C33H22Br2ClFN4O5/c1-2-44-26-14-19(29(34)30(35)31(26)45-17-28(42)39-22-7-5-6-21(37)15-22)16-38-41-32(40-24-9-4-3-8-23(24)33(41)43)27-13-18-12-20(36)10-11-25(18)46-27/h3-16H,2,17H2,1H3,(H,39,42). The highest BCUT2D eigenvalue weighted by atomic mass is 79.9. The first-order valence-corrected chi connectivity index (χ1v) is 15.8. The van der Waals surface area contributed by atoms with Crippen molar-refractivity contribution in [2.45, 2.75) is 6.92 Å². The maximum absolute atomic E-state index is 13.7. The highest BCUT2D eigenvalue weighted by Crippen LogP contribution is 2.42. The van der Waals surface area contributed by atoms with E-state index in [9.17, 15) is 14.0 Å². The summed E-state index contributed by atoms with van der Waals surface area (Å²) in [5.41, 5.74) is 1.48. The molecule has 0 aliphatic heterocycles. The lowest BCUT2D eigenvalue weighted by Crippen LogP contribution is -2.21. The molecule has 13 heteroatoms. The van der Waals surface area contributed by atoms with Gasteiger partial charge in [0.25, 0.3) is 11.5 Å². The summed E-state index contributed by atoms with van der Waals surface area (Å²) in [6, 6.07) is 21.1. The van der Waals surface area contributed by atoms with E-state index < -0.39 is 17.3 Å². The number of nitrogens with one attached hydrogen (secondary N) is 1. The van der Waals surface area contributed by atoms with Crippen molar-refractivity contribution >= 4 is 83.1 Å². The van der Waals surface area contributed by atoms with Crippen LogP contribution in [0, 0.1) is 5.82 Å². The third-order valence-electron chi connectivity index (χ3n) is 6.68. The van der Waals surface area contributed by atoms with Crippen molar-refractivity contribution in [3.8, 4) is 23.1 Å². The number of ether oxygens (including phenoxy) is 2. The van der Waals surface area contributed by atoms with E-state index in [-0.39, 0.29) is 18.2 Å². The van der Waals surface area contributed by atoms with Gasteiger partial charge in [-0.3, -0.25) is 9.59 Å². The van der Waals surface area contributed by atoms with Gasteiger partial charge in [-0.05, 0) is 99.4 Å². The summed E-state index contributed by atoms with van der Waals surface area (Å²) >= 11 is 13.3. The zero-order valence-corrected chi connectivity index (χ0v) is 27.8. The van der Waals surface area contributed by atoms with Crippen LogP contribution in [-0.2, 0) is 4.79 Å². The highest BCUT2D eigenvalue weighted by molar-refractivity contribution is 9.13. The Morgan fingerprint density at radius 2 is 1.89 bits per heavy atom. The van der Waals surface area contributed by atoms with E-state index in [1.54, 1.807) is 67.6 Å². The largest absolute Gasteiger partial charge is 0.490 e. The van der Waals surface area contributed by atoms with Gasteiger partial charge >= 0.3 is 0 Å². The van der Waals surface area contributed by atoms with Crippen LogP contribution in [0.5, 0.6) is 11.5 Å². The molecule has 1 amide bonds. The number of furan rings is 1. The number of benzene rings is 4. The summed E-state index contributed by atoms with van der Waals surface area (Å²) in [6.07, 6.45) is 1.47. The molecule has 1 N–H and O–H groups in total. The maximum atomic E-state index is 13.7. The zero-order chi connectivity index (χ0) is 32.4. The molecular formula is C33H22Br2ClFN4O5. The first-order valence-electron chi connectivity index (χ1n) is 13.8. The first kappa shape index (κ1) is 31.5. The number of carbonyl (C=O) groups excluding carboxylic acids is 1. The van der Waals surface area contributed by atoms with Gasteiger partial charge in [0.1, 0.15) is 11.4 Å². The summed E-state index contributed by atoms with van der Waals surface area (Å²) in [4.78, 5) is 31.0. The number of nitrogens with zero attached hydrogens (tertiary/aromatic N) is 3. The van der Waals surface area contributed by atoms with Gasteiger partial charge in [0, 0.05) is 26.1 Å². The summed E-state index contributed by atoms with van der Waals surface area (Å²) < 4.78 is 33.3. The number of hydrogen-bond donors (Lipinski definition) is 1. The van der Waals surface area contributed by atoms with E-state index in [1.165, 1.54) is 29.1 Å². The highest BCUT2D eigenvalue weighted by Gasteiger charge is 2.20. The molecule has 2 aromatic heterocycles. The third-order valence-corrected chi connectivity index (χ3v) is 9.05. The first-order chi connectivity index (χ1) is 22.2. The summed E-state index contributed by atoms with van der Waals surface area (Å²) in [5.74, 6) is 0.120. The third kappa shape index (κ3) is 6.55. The van der Waals surface area contributed by atoms with Crippen molar-refractivity contribution in [2.24, 2.45) is 5.10 Å². The molecule has 0 saturated carbocycles. The van der Waals surface area contributed by atoms with Gasteiger partial charge in [0.2, 0.25) is 5.82 Å². The Labute approximate surface area is 282 Å². The number of hydrogen-bond acceptors (Lipinski definition) is 7. The van der Waals surface area contributed by atoms with Gasteiger partial charge in [0.05, 0.1) is 28.2 Å². The minimum atomic E-state index is -0.495. The lowest BCUT2D eigenvalue weighted by atomic mass is 10.2. The van der Waals surface area contributed by atoms with Gasteiger partial charge in [-0.25, -0.2) is 9.37 Å². The van der Waals surface area contributed by atoms with Crippen LogP contribution in [-0.4, -0.2) is 35.0 Å². The molecule has 9 nitrogen and oxygen atoms in total. The number of rotatable bonds is 9. The Morgan fingerprint density at radius 1 is 1.07 bits per heavy atom. The van der Waals surface area contributed by atoms with Crippen molar-refractivity contribution in [1.29, 1.82) is 0 Å². The van der Waals surface area contributed by atoms with Crippen LogP contribution >= 0.6 is 43.5 Å². The monoisotopic (exact) mass is 766 g/mol. The Kier molecular flexibility index (Phi) is 9.20. The van der Waals surface area contributed by atoms with Crippen LogP contribution < -0.4 is 20.3 Å².